The molecule has 0 aromatic heterocycles. The molecule has 31 heavy (non-hydrogen) atoms. The van der Waals surface area contributed by atoms with Crippen LogP contribution in [0.2, 0.25) is 0 Å². The molecular weight excluding hydrogens is 410 g/mol. The fraction of sp³-hybridized carbons (Fsp3) is 0.280. The fourth-order valence-corrected chi connectivity index (χ4v) is 4.18. The minimum atomic E-state index is -3.77. The van der Waals surface area contributed by atoms with Crippen molar-refractivity contribution in [3.8, 4) is 16.9 Å². The fourth-order valence-electron chi connectivity index (χ4n) is 3.05. The predicted octanol–water partition coefficient (Wildman–Crippen LogP) is 4.57. The molecule has 0 aliphatic carbocycles. The SMILES string of the molecule is CC(C)COc1ccc(S(=O)(=O)NCC(C)(O)c2ccc(-c3ccccc3)cc2)cc1. The van der Waals surface area contributed by atoms with E-state index in [9.17, 15) is 13.5 Å². The number of hydrogen-bond acceptors (Lipinski definition) is 4. The van der Waals surface area contributed by atoms with Gasteiger partial charge in [0.15, 0.2) is 0 Å². The highest BCUT2D eigenvalue weighted by molar-refractivity contribution is 7.89. The standard InChI is InChI=1S/C25H29NO4S/c1-19(2)17-30-23-13-15-24(16-14-23)31(28,29)26-18-25(3,27)22-11-9-21(10-12-22)20-7-5-4-6-8-20/h4-16,19,26-27H,17-18H2,1-3H3. The number of ether oxygens (including phenoxy) is 1. The van der Waals surface area contributed by atoms with Gasteiger partial charge in [-0.1, -0.05) is 68.4 Å². The molecule has 3 aromatic rings. The van der Waals surface area contributed by atoms with Gasteiger partial charge >= 0.3 is 0 Å². The first kappa shape index (κ1) is 23.0. The zero-order valence-corrected chi connectivity index (χ0v) is 18.9. The predicted molar refractivity (Wildman–Crippen MR) is 123 cm³/mol. The minimum absolute atomic E-state index is 0.125. The zero-order chi connectivity index (χ0) is 22.5. The Morgan fingerprint density at radius 3 is 2.06 bits per heavy atom. The van der Waals surface area contributed by atoms with Crippen LogP contribution >= 0.6 is 0 Å². The highest BCUT2D eigenvalue weighted by Gasteiger charge is 2.26. The molecule has 0 heterocycles. The highest BCUT2D eigenvalue weighted by atomic mass is 32.2. The van der Waals surface area contributed by atoms with Crippen LogP contribution in [-0.2, 0) is 15.6 Å². The maximum atomic E-state index is 12.7. The third kappa shape index (κ3) is 6.17. The van der Waals surface area contributed by atoms with Crippen LogP contribution in [0.5, 0.6) is 5.75 Å². The number of sulfonamides is 1. The summed E-state index contributed by atoms with van der Waals surface area (Å²) in [5.41, 5.74) is 1.38. The third-order valence-electron chi connectivity index (χ3n) is 4.94. The van der Waals surface area contributed by atoms with E-state index in [1.54, 1.807) is 19.1 Å². The van der Waals surface area contributed by atoms with Gasteiger partial charge in [0.05, 0.1) is 11.5 Å². The second-order valence-corrected chi connectivity index (χ2v) is 9.98. The molecule has 0 amide bonds. The van der Waals surface area contributed by atoms with Crippen LogP contribution in [-0.4, -0.2) is 26.7 Å². The summed E-state index contributed by atoms with van der Waals surface area (Å²) in [6.07, 6.45) is 0. The van der Waals surface area contributed by atoms with Gasteiger partial charge in [-0.3, -0.25) is 0 Å². The lowest BCUT2D eigenvalue weighted by Crippen LogP contribution is -2.38. The molecule has 164 valence electrons. The highest BCUT2D eigenvalue weighted by Crippen LogP contribution is 2.25. The Hall–Kier alpha value is -2.67. The van der Waals surface area contributed by atoms with Gasteiger partial charge in [-0.2, -0.15) is 0 Å². The normalized spacial score (nSPS) is 13.7. The molecule has 3 aromatic carbocycles. The largest absolute Gasteiger partial charge is 0.493 e. The van der Waals surface area contributed by atoms with E-state index < -0.39 is 15.6 Å². The first-order valence-corrected chi connectivity index (χ1v) is 11.8. The van der Waals surface area contributed by atoms with E-state index in [1.807, 2.05) is 68.4 Å². The van der Waals surface area contributed by atoms with E-state index >= 15 is 0 Å². The lowest BCUT2D eigenvalue weighted by atomic mass is 9.94. The summed E-state index contributed by atoms with van der Waals surface area (Å²) in [6.45, 7) is 6.10. The summed E-state index contributed by atoms with van der Waals surface area (Å²) in [6, 6.07) is 23.7. The average Bonchev–Trinajstić information content (AvgIpc) is 2.77. The van der Waals surface area contributed by atoms with Gasteiger partial charge in [0.1, 0.15) is 11.4 Å². The molecule has 2 N–H and O–H groups in total. The molecule has 0 saturated carbocycles. The molecule has 0 radical (unpaired) electrons. The van der Waals surface area contributed by atoms with Crippen LogP contribution in [0, 0.1) is 5.92 Å². The number of hydrogen-bond donors (Lipinski definition) is 2. The molecule has 0 saturated heterocycles. The Morgan fingerprint density at radius 1 is 0.903 bits per heavy atom. The van der Waals surface area contributed by atoms with Gasteiger partial charge in [-0.25, -0.2) is 13.1 Å². The van der Waals surface area contributed by atoms with E-state index in [0.717, 1.165) is 11.1 Å². The second-order valence-electron chi connectivity index (χ2n) is 8.22. The van der Waals surface area contributed by atoms with Crippen molar-refractivity contribution in [2.24, 2.45) is 5.92 Å². The van der Waals surface area contributed by atoms with Gasteiger partial charge in [0, 0.05) is 6.54 Å². The molecule has 0 fully saturated rings. The van der Waals surface area contributed by atoms with Gasteiger partial charge in [0.25, 0.3) is 0 Å². The first-order chi connectivity index (χ1) is 14.7. The van der Waals surface area contributed by atoms with Crippen LogP contribution in [0.15, 0.2) is 83.8 Å². The second kappa shape index (κ2) is 9.64. The molecular formula is C25H29NO4S. The molecule has 5 nitrogen and oxygen atoms in total. The first-order valence-electron chi connectivity index (χ1n) is 10.3. The Morgan fingerprint density at radius 2 is 1.48 bits per heavy atom. The van der Waals surface area contributed by atoms with Gasteiger partial charge in [-0.05, 0) is 53.8 Å². The lowest BCUT2D eigenvalue weighted by Gasteiger charge is -2.24. The minimum Gasteiger partial charge on any atom is -0.493 e. The quantitative estimate of drug-likeness (QED) is 0.512. The van der Waals surface area contributed by atoms with Crippen LogP contribution in [0.3, 0.4) is 0 Å². The summed E-state index contributed by atoms with van der Waals surface area (Å²) in [4.78, 5) is 0.125. The molecule has 0 bridgehead atoms. The van der Waals surface area contributed by atoms with Gasteiger partial charge in [0.2, 0.25) is 10.0 Å². The van der Waals surface area contributed by atoms with Gasteiger partial charge in [-0.15, -0.1) is 0 Å². The van der Waals surface area contributed by atoms with Crippen molar-refractivity contribution in [2.75, 3.05) is 13.2 Å². The summed E-state index contributed by atoms with van der Waals surface area (Å²) in [5, 5.41) is 10.9. The Bertz CT molecular complexity index is 1070. The van der Waals surface area contributed by atoms with Crippen molar-refractivity contribution < 1.29 is 18.3 Å². The monoisotopic (exact) mass is 439 g/mol. The maximum Gasteiger partial charge on any atom is 0.240 e. The third-order valence-corrected chi connectivity index (χ3v) is 6.35. The Kier molecular flexibility index (Phi) is 7.15. The van der Waals surface area contributed by atoms with Gasteiger partial charge < -0.3 is 9.84 Å². The molecule has 0 aliphatic heterocycles. The average molecular weight is 440 g/mol. The molecule has 1 atom stereocenters. The molecule has 1 unspecified atom stereocenters. The summed E-state index contributed by atoms with van der Waals surface area (Å²) in [5.74, 6) is 1.01. The lowest BCUT2D eigenvalue weighted by molar-refractivity contribution is 0.0627. The number of nitrogens with one attached hydrogen (secondary N) is 1. The molecule has 3 rings (SSSR count). The van der Waals surface area contributed by atoms with Crippen LogP contribution in [0.25, 0.3) is 11.1 Å². The number of benzene rings is 3. The van der Waals surface area contributed by atoms with Crippen molar-refractivity contribution in [1.82, 2.24) is 4.72 Å². The van der Waals surface area contributed by atoms with Crippen LogP contribution in [0.4, 0.5) is 0 Å². The van der Waals surface area contributed by atoms with E-state index in [-0.39, 0.29) is 11.4 Å². The van der Waals surface area contributed by atoms with E-state index in [1.165, 1.54) is 12.1 Å². The van der Waals surface area contributed by atoms with Crippen molar-refractivity contribution >= 4 is 10.0 Å². The zero-order valence-electron chi connectivity index (χ0n) is 18.1. The van der Waals surface area contributed by atoms with Crippen LogP contribution < -0.4 is 9.46 Å². The van der Waals surface area contributed by atoms with E-state index in [2.05, 4.69) is 4.72 Å². The number of rotatable bonds is 9. The number of aliphatic hydroxyl groups is 1. The maximum absolute atomic E-state index is 12.7. The Balaban J connectivity index is 1.66. The smallest absolute Gasteiger partial charge is 0.240 e. The summed E-state index contributed by atoms with van der Waals surface area (Å²) >= 11 is 0. The Labute approximate surface area is 184 Å². The van der Waals surface area contributed by atoms with Crippen molar-refractivity contribution in [3.63, 3.8) is 0 Å². The molecule has 6 heteroatoms. The van der Waals surface area contributed by atoms with E-state index in [4.69, 9.17) is 4.74 Å². The van der Waals surface area contributed by atoms with Crippen molar-refractivity contribution in [1.29, 1.82) is 0 Å². The molecule has 0 spiro atoms. The summed E-state index contributed by atoms with van der Waals surface area (Å²) in [7, 11) is -3.77. The van der Waals surface area contributed by atoms with Crippen LogP contribution in [0.1, 0.15) is 26.3 Å². The summed E-state index contributed by atoms with van der Waals surface area (Å²) < 4.78 is 33.4. The van der Waals surface area contributed by atoms with E-state index in [0.29, 0.717) is 23.8 Å². The van der Waals surface area contributed by atoms with Crippen molar-refractivity contribution in [3.05, 3.63) is 84.4 Å². The molecule has 0 aliphatic rings. The topological polar surface area (TPSA) is 75.6 Å². The van der Waals surface area contributed by atoms with Crippen molar-refractivity contribution in [2.45, 2.75) is 31.3 Å².